The zero-order valence-corrected chi connectivity index (χ0v) is 10.8. The highest BCUT2D eigenvalue weighted by Gasteiger charge is 2.24. The van der Waals surface area contributed by atoms with E-state index in [-0.39, 0.29) is 0 Å². The van der Waals surface area contributed by atoms with Crippen molar-refractivity contribution in [1.82, 2.24) is 5.32 Å². The van der Waals surface area contributed by atoms with Crippen molar-refractivity contribution >= 4 is 11.3 Å². The summed E-state index contributed by atoms with van der Waals surface area (Å²) >= 11 is 1.68. The van der Waals surface area contributed by atoms with E-state index >= 15 is 0 Å². The van der Waals surface area contributed by atoms with Gasteiger partial charge in [-0.3, -0.25) is 0 Å². The Bertz CT molecular complexity index is 304. The van der Waals surface area contributed by atoms with Crippen molar-refractivity contribution in [2.75, 3.05) is 6.54 Å². The van der Waals surface area contributed by atoms with Gasteiger partial charge in [0.2, 0.25) is 0 Å². The minimum Gasteiger partial charge on any atom is -0.385 e. The van der Waals surface area contributed by atoms with Crippen molar-refractivity contribution in [3.8, 4) is 0 Å². The third-order valence-corrected chi connectivity index (χ3v) is 3.69. The molecule has 1 atom stereocenters. The van der Waals surface area contributed by atoms with Crippen LogP contribution in [0.1, 0.15) is 36.9 Å². The first-order valence-electron chi connectivity index (χ1n) is 5.44. The van der Waals surface area contributed by atoms with Crippen molar-refractivity contribution in [2.24, 2.45) is 0 Å². The van der Waals surface area contributed by atoms with Crippen LogP contribution in [0.15, 0.2) is 12.1 Å². The molecule has 2 nitrogen and oxygen atoms in total. The van der Waals surface area contributed by atoms with E-state index in [0.717, 1.165) is 17.8 Å². The lowest BCUT2D eigenvalue weighted by molar-refractivity contribution is 0.0513. The Hall–Kier alpha value is -0.380. The highest BCUT2D eigenvalue weighted by molar-refractivity contribution is 7.12. The largest absolute Gasteiger partial charge is 0.385 e. The summed E-state index contributed by atoms with van der Waals surface area (Å²) < 4.78 is 0. The molecule has 0 aliphatic rings. The Kier molecular flexibility index (Phi) is 4.32. The van der Waals surface area contributed by atoms with Crippen LogP contribution in [0.4, 0.5) is 0 Å². The van der Waals surface area contributed by atoms with Gasteiger partial charge in [-0.25, -0.2) is 0 Å². The minimum absolute atomic E-state index is 0.478. The zero-order chi connectivity index (χ0) is 11.5. The van der Waals surface area contributed by atoms with E-state index in [1.54, 1.807) is 11.3 Å². The van der Waals surface area contributed by atoms with Crippen LogP contribution in [-0.4, -0.2) is 17.7 Å². The van der Waals surface area contributed by atoms with Gasteiger partial charge in [-0.2, -0.15) is 0 Å². The molecule has 1 aromatic heterocycles. The molecular weight excluding hydrogens is 206 g/mol. The molecule has 86 valence electrons. The van der Waals surface area contributed by atoms with Crippen LogP contribution >= 0.6 is 11.3 Å². The van der Waals surface area contributed by atoms with Crippen molar-refractivity contribution < 1.29 is 5.11 Å². The van der Waals surface area contributed by atoms with Crippen LogP contribution < -0.4 is 5.32 Å². The summed E-state index contributed by atoms with van der Waals surface area (Å²) in [6.45, 7) is 9.03. The Morgan fingerprint density at radius 2 is 2.13 bits per heavy atom. The number of aryl methyl sites for hydroxylation is 1. The number of nitrogens with one attached hydrogen (secondary N) is 1. The van der Waals surface area contributed by atoms with Gasteiger partial charge in [-0.15, -0.1) is 11.3 Å². The zero-order valence-electron chi connectivity index (χ0n) is 10.0. The fourth-order valence-electron chi connectivity index (χ4n) is 1.45. The lowest BCUT2D eigenvalue weighted by atomic mass is 10.0. The van der Waals surface area contributed by atoms with Gasteiger partial charge in [-0.1, -0.05) is 13.8 Å². The molecule has 0 aromatic carbocycles. The Labute approximate surface area is 96.3 Å². The average Bonchev–Trinajstić information content (AvgIpc) is 2.51. The molecule has 0 saturated carbocycles. The summed E-state index contributed by atoms with van der Waals surface area (Å²) in [6, 6.07) is 4.56. The van der Waals surface area contributed by atoms with Gasteiger partial charge in [0.15, 0.2) is 0 Å². The molecule has 0 amide bonds. The van der Waals surface area contributed by atoms with Crippen molar-refractivity contribution in [2.45, 2.75) is 45.8 Å². The quantitative estimate of drug-likeness (QED) is 0.810. The topological polar surface area (TPSA) is 32.3 Å². The number of hydrogen-bond acceptors (Lipinski definition) is 3. The maximum Gasteiger partial charge on any atom is 0.0972 e. The van der Waals surface area contributed by atoms with Gasteiger partial charge in [0.1, 0.15) is 0 Å². The Morgan fingerprint density at radius 1 is 1.47 bits per heavy atom. The fraction of sp³-hybridized carbons (Fsp3) is 0.667. The average molecular weight is 227 g/mol. The monoisotopic (exact) mass is 227 g/mol. The maximum atomic E-state index is 10.3. The Morgan fingerprint density at radius 3 is 2.60 bits per heavy atom. The Balaban J connectivity index is 2.51. The molecule has 0 fully saturated rings. The molecule has 0 bridgehead atoms. The van der Waals surface area contributed by atoms with E-state index in [9.17, 15) is 5.11 Å². The number of aliphatic hydroxyl groups is 1. The van der Waals surface area contributed by atoms with E-state index in [2.05, 4.69) is 32.2 Å². The molecule has 0 radical (unpaired) electrons. The maximum absolute atomic E-state index is 10.3. The molecule has 1 heterocycles. The molecular formula is C12H21NOS. The standard InChI is InChI=1S/C12H21NOS/c1-9(2)13-8-7-12(4,14)11-6-5-10(3)15-11/h5-6,9,13-14H,7-8H2,1-4H3. The van der Waals surface area contributed by atoms with Crippen LogP contribution in [-0.2, 0) is 5.60 Å². The predicted octanol–water partition coefficient (Wildman–Crippen LogP) is 2.65. The van der Waals surface area contributed by atoms with Crippen LogP contribution in [0, 0.1) is 6.92 Å². The van der Waals surface area contributed by atoms with Gasteiger partial charge in [0.05, 0.1) is 5.60 Å². The second-order valence-electron chi connectivity index (χ2n) is 4.54. The summed E-state index contributed by atoms with van der Waals surface area (Å²) in [6.07, 6.45) is 0.755. The van der Waals surface area contributed by atoms with Crippen LogP contribution in [0.25, 0.3) is 0 Å². The summed E-state index contributed by atoms with van der Waals surface area (Å²) in [5.74, 6) is 0. The van der Waals surface area contributed by atoms with Crippen LogP contribution in [0.2, 0.25) is 0 Å². The first-order chi connectivity index (χ1) is 6.92. The summed E-state index contributed by atoms with van der Waals surface area (Å²) in [7, 11) is 0. The molecule has 1 rings (SSSR count). The third kappa shape index (κ3) is 3.93. The molecule has 0 aliphatic carbocycles. The van der Waals surface area contributed by atoms with Gasteiger partial charge in [0, 0.05) is 15.8 Å². The van der Waals surface area contributed by atoms with Crippen LogP contribution in [0.3, 0.4) is 0 Å². The molecule has 0 spiro atoms. The third-order valence-electron chi connectivity index (χ3n) is 2.44. The first kappa shape index (κ1) is 12.7. The SMILES string of the molecule is Cc1ccc(C(C)(O)CCNC(C)C)s1. The molecule has 1 aromatic rings. The summed E-state index contributed by atoms with van der Waals surface area (Å²) in [5.41, 5.74) is -0.694. The van der Waals surface area contributed by atoms with Gasteiger partial charge in [0.25, 0.3) is 0 Å². The smallest absolute Gasteiger partial charge is 0.0972 e. The van der Waals surface area contributed by atoms with E-state index in [1.165, 1.54) is 4.88 Å². The molecule has 0 saturated heterocycles. The van der Waals surface area contributed by atoms with Gasteiger partial charge in [-0.05, 0) is 38.9 Å². The highest BCUT2D eigenvalue weighted by Crippen LogP contribution is 2.30. The van der Waals surface area contributed by atoms with Crippen molar-refractivity contribution in [1.29, 1.82) is 0 Å². The second kappa shape index (κ2) is 5.10. The summed E-state index contributed by atoms with van der Waals surface area (Å²) in [4.78, 5) is 2.31. The minimum atomic E-state index is -0.694. The first-order valence-corrected chi connectivity index (χ1v) is 6.26. The van der Waals surface area contributed by atoms with E-state index in [0.29, 0.717) is 6.04 Å². The normalized spacial score (nSPS) is 15.6. The van der Waals surface area contributed by atoms with E-state index < -0.39 is 5.60 Å². The number of thiophene rings is 1. The molecule has 3 heteroatoms. The predicted molar refractivity (Wildman–Crippen MR) is 66.4 cm³/mol. The van der Waals surface area contributed by atoms with Gasteiger partial charge < -0.3 is 10.4 Å². The summed E-state index contributed by atoms with van der Waals surface area (Å²) in [5, 5.41) is 13.6. The number of rotatable bonds is 5. The molecule has 15 heavy (non-hydrogen) atoms. The lowest BCUT2D eigenvalue weighted by Gasteiger charge is -2.22. The van der Waals surface area contributed by atoms with Crippen molar-refractivity contribution in [3.63, 3.8) is 0 Å². The molecule has 0 aliphatic heterocycles. The fourth-order valence-corrected chi connectivity index (χ4v) is 2.39. The second-order valence-corrected chi connectivity index (χ2v) is 5.83. The van der Waals surface area contributed by atoms with E-state index in [4.69, 9.17) is 0 Å². The lowest BCUT2D eigenvalue weighted by Crippen LogP contribution is -2.30. The molecule has 1 unspecified atom stereocenters. The van der Waals surface area contributed by atoms with E-state index in [1.807, 2.05) is 13.0 Å². The number of hydrogen-bond donors (Lipinski definition) is 2. The van der Waals surface area contributed by atoms with Crippen LogP contribution in [0.5, 0.6) is 0 Å². The van der Waals surface area contributed by atoms with Crippen molar-refractivity contribution in [3.05, 3.63) is 21.9 Å². The highest BCUT2D eigenvalue weighted by atomic mass is 32.1. The van der Waals surface area contributed by atoms with Gasteiger partial charge >= 0.3 is 0 Å². The molecule has 2 N–H and O–H groups in total.